The van der Waals surface area contributed by atoms with Crippen molar-refractivity contribution < 1.29 is 0 Å². The topological polar surface area (TPSA) is 17.8 Å². The highest BCUT2D eigenvalue weighted by atomic mass is 15.0. The summed E-state index contributed by atoms with van der Waals surface area (Å²) in [6.07, 6.45) is 5.66. The van der Waals surface area contributed by atoms with Gasteiger partial charge in [-0.3, -0.25) is 0 Å². The Bertz CT molecular complexity index is 732. The van der Waals surface area contributed by atoms with Gasteiger partial charge in [0.25, 0.3) is 0 Å². The van der Waals surface area contributed by atoms with Gasteiger partial charge in [0.05, 0.1) is 6.33 Å². The van der Waals surface area contributed by atoms with Crippen LogP contribution in [0.2, 0.25) is 0 Å². The molecular formula is C20H22N2. The van der Waals surface area contributed by atoms with E-state index < -0.39 is 0 Å². The number of hydrogen-bond acceptors (Lipinski definition) is 1. The molecule has 3 rings (SSSR count). The summed E-state index contributed by atoms with van der Waals surface area (Å²) in [5.74, 6) is 0. The Kier molecular flexibility index (Phi) is 3.84. The fourth-order valence-corrected chi connectivity index (χ4v) is 2.60. The molecule has 0 aliphatic heterocycles. The highest BCUT2D eigenvalue weighted by molar-refractivity contribution is 5.64. The van der Waals surface area contributed by atoms with E-state index >= 15 is 0 Å². The minimum atomic E-state index is 0.196. The van der Waals surface area contributed by atoms with E-state index in [0.29, 0.717) is 0 Å². The van der Waals surface area contributed by atoms with Crippen LogP contribution in [0.3, 0.4) is 0 Å². The zero-order valence-electron chi connectivity index (χ0n) is 13.5. The van der Waals surface area contributed by atoms with E-state index in [1.807, 2.05) is 18.7 Å². The Balaban J connectivity index is 1.85. The average Bonchev–Trinajstić information content (AvgIpc) is 3.00. The quantitative estimate of drug-likeness (QED) is 0.671. The zero-order chi connectivity index (χ0) is 15.6. The summed E-state index contributed by atoms with van der Waals surface area (Å²) in [5, 5.41) is 0. The van der Waals surface area contributed by atoms with Crippen LogP contribution >= 0.6 is 0 Å². The average molecular weight is 290 g/mol. The summed E-state index contributed by atoms with van der Waals surface area (Å²) >= 11 is 0. The Hall–Kier alpha value is -2.35. The van der Waals surface area contributed by atoms with Gasteiger partial charge in [-0.05, 0) is 33.7 Å². The van der Waals surface area contributed by atoms with E-state index in [2.05, 4.69) is 78.9 Å². The minimum Gasteiger partial charge on any atom is -0.333 e. The van der Waals surface area contributed by atoms with E-state index in [-0.39, 0.29) is 5.41 Å². The fourth-order valence-electron chi connectivity index (χ4n) is 2.60. The highest BCUT2D eigenvalue weighted by Gasteiger charge is 2.13. The second-order valence-corrected chi connectivity index (χ2v) is 6.76. The van der Waals surface area contributed by atoms with Gasteiger partial charge in [-0.2, -0.15) is 0 Å². The lowest BCUT2D eigenvalue weighted by atomic mass is 9.86. The van der Waals surface area contributed by atoms with E-state index in [9.17, 15) is 0 Å². The van der Waals surface area contributed by atoms with Gasteiger partial charge in [0.2, 0.25) is 0 Å². The first-order valence-corrected chi connectivity index (χ1v) is 7.68. The molecule has 0 aliphatic carbocycles. The molecule has 2 heteroatoms. The minimum absolute atomic E-state index is 0.196. The van der Waals surface area contributed by atoms with Crippen molar-refractivity contribution in [2.24, 2.45) is 0 Å². The van der Waals surface area contributed by atoms with Gasteiger partial charge in [0.15, 0.2) is 0 Å². The first-order chi connectivity index (χ1) is 10.5. The molecule has 2 nitrogen and oxygen atoms in total. The lowest BCUT2D eigenvalue weighted by Crippen LogP contribution is -2.10. The first kappa shape index (κ1) is 14.6. The van der Waals surface area contributed by atoms with Crippen LogP contribution < -0.4 is 0 Å². The number of rotatable bonds is 3. The molecule has 0 amide bonds. The van der Waals surface area contributed by atoms with E-state index in [4.69, 9.17) is 0 Å². The van der Waals surface area contributed by atoms with Crippen molar-refractivity contribution in [2.45, 2.75) is 32.7 Å². The van der Waals surface area contributed by atoms with Crippen LogP contribution in [-0.2, 0) is 12.0 Å². The van der Waals surface area contributed by atoms with E-state index in [0.717, 1.165) is 6.54 Å². The second-order valence-electron chi connectivity index (χ2n) is 6.76. The number of benzene rings is 2. The zero-order valence-corrected chi connectivity index (χ0v) is 13.5. The normalized spacial score (nSPS) is 11.6. The lowest BCUT2D eigenvalue weighted by molar-refractivity contribution is 0.590. The smallest absolute Gasteiger partial charge is 0.0949 e. The molecule has 0 spiro atoms. The van der Waals surface area contributed by atoms with Crippen molar-refractivity contribution in [3.63, 3.8) is 0 Å². The van der Waals surface area contributed by atoms with Crippen molar-refractivity contribution in [1.29, 1.82) is 0 Å². The summed E-state index contributed by atoms with van der Waals surface area (Å²) in [7, 11) is 0. The van der Waals surface area contributed by atoms with Crippen molar-refractivity contribution in [2.75, 3.05) is 0 Å². The SMILES string of the molecule is CC(C)(C)c1ccc(-c2cccc(Cn3ccnc3)c2)cc1. The fraction of sp³-hybridized carbons (Fsp3) is 0.250. The Morgan fingerprint density at radius 1 is 0.955 bits per heavy atom. The number of nitrogens with zero attached hydrogens (tertiary/aromatic N) is 2. The molecule has 22 heavy (non-hydrogen) atoms. The lowest BCUT2D eigenvalue weighted by Gasteiger charge is -2.19. The summed E-state index contributed by atoms with van der Waals surface area (Å²) in [6, 6.07) is 17.6. The Labute approximate surface area is 132 Å². The third-order valence-electron chi connectivity index (χ3n) is 3.94. The maximum Gasteiger partial charge on any atom is 0.0949 e. The van der Waals surface area contributed by atoms with Crippen LogP contribution in [0.1, 0.15) is 31.9 Å². The number of imidazole rings is 1. The summed E-state index contributed by atoms with van der Waals surface area (Å²) in [5.41, 5.74) is 5.38. The molecule has 0 N–H and O–H groups in total. The molecule has 0 saturated heterocycles. The summed E-state index contributed by atoms with van der Waals surface area (Å²) < 4.78 is 2.09. The molecule has 0 unspecified atom stereocenters. The number of aromatic nitrogens is 2. The molecule has 0 aliphatic rings. The predicted molar refractivity (Wildman–Crippen MR) is 91.9 cm³/mol. The van der Waals surface area contributed by atoms with Crippen LogP contribution in [0.25, 0.3) is 11.1 Å². The molecule has 0 fully saturated rings. The van der Waals surface area contributed by atoms with Crippen molar-refractivity contribution >= 4 is 0 Å². The molecule has 0 atom stereocenters. The Morgan fingerprint density at radius 2 is 1.73 bits per heavy atom. The first-order valence-electron chi connectivity index (χ1n) is 7.68. The van der Waals surface area contributed by atoms with E-state index in [1.165, 1.54) is 22.3 Å². The van der Waals surface area contributed by atoms with Crippen LogP contribution in [-0.4, -0.2) is 9.55 Å². The molecule has 112 valence electrons. The van der Waals surface area contributed by atoms with Crippen molar-refractivity contribution in [3.8, 4) is 11.1 Å². The monoisotopic (exact) mass is 290 g/mol. The summed E-state index contributed by atoms with van der Waals surface area (Å²) in [6.45, 7) is 7.59. The maximum atomic E-state index is 4.09. The van der Waals surface area contributed by atoms with Gasteiger partial charge in [0.1, 0.15) is 0 Å². The van der Waals surface area contributed by atoms with Crippen LogP contribution in [0.4, 0.5) is 0 Å². The third-order valence-corrected chi connectivity index (χ3v) is 3.94. The van der Waals surface area contributed by atoms with Crippen LogP contribution in [0, 0.1) is 0 Å². The van der Waals surface area contributed by atoms with Crippen LogP contribution in [0.5, 0.6) is 0 Å². The van der Waals surface area contributed by atoms with Gasteiger partial charge in [-0.1, -0.05) is 63.2 Å². The molecule has 1 aromatic heterocycles. The highest BCUT2D eigenvalue weighted by Crippen LogP contribution is 2.26. The van der Waals surface area contributed by atoms with Gasteiger partial charge in [0, 0.05) is 18.9 Å². The van der Waals surface area contributed by atoms with E-state index in [1.54, 1.807) is 0 Å². The molecule has 1 heterocycles. The summed E-state index contributed by atoms with van der Waals surface area (Å²) in [4.78, 5) is 4.09. The largest absolute Gasteiger partial charge is 0.333 e. The van der Waals surface area contributed by atoms with Crippen molar-refractivity contribution in [1.82, 2.24) is 9.55 Å². The Morgan fingerprint density at radius 3 is 2.36 bits per heavy atom. The van der Waals surface area contributed by atoms with Crippen LogP contribution in [0.15, 0.2) is 67.3 Å². The predicted octanol–water partition coefficient (Wildman–Crippen LogP) is 4.90. The molecule has 0 saturated carbocycles. The second kappa shape index (κ2) is 5.80. The molecule has 0 bridgehead atoms. The third kappa shape index (κ3) is 3.28. The number of hydrogen-bond donors (Lipinski definition) is 0. The van der Waals surface area contributed by atoms with Gasteiger partial charge < -0.3 is 4.57 Å². The standard InChI is InChI=1S/C20H22N2/c1-20(2,3)19-9-7-17(8-10-19)18-6-4-5-16(13-18)14-22-12-11-21-15-22/h4-13,15H,14H2,1-3H3. The van der Waals surface area contributed by atoms with Gasteiger partial charge in [-0.25, -0.2) is 4.98 Å². The molecule has 3 aromatic rings. The van der Waals surface area contributed by atoms with Gasteiger partial charge >= 0.3 is 0 Å². The molecule has 0 radical (unpaired) electrons. The maximum absolute atomic E-state index is 4.09. The molecular weight excluding hydrogens is 268 g/mol. The van der Waals surface area contributed by atoms with Crippen molar-refractivity contribution in [3.05, 3.63) is 78.4 Å². The van der Waals surface area contributed by atoms with Gasteiger partial charge in [-0.15, -0.1) is 0 Å². The molecule has 2 aromatic carbocycles.